The lowest BCUT2D eigenvalue weighted by molar-refractivity contribution is 0.708. The number of aryl methyl sites for hydroxylation is 1. The molecule has 3 aromatic rings. The zero-order chi connectivity index (χ0) is 17.9. The van der Waals surface area contributed by atoms with E-state index in [9.17, 15) is 0 Å². The third-order valence-electron chi connectivity index (χ3n) is 4.80. The molecule has 0 spiro atoms. The van der Waals surface area contributed by atoms with E-state index in [1.165, 1.54) is 11.1 Å². The molecule has 6 heteroatoms. The van der Waals surface area contributed by atoms with Crippen molar-refractivity contribution in [2.45, 2.75) is 32.7 Å². The van der Waals surface area contributed by atoms with Gasteiger partial charge in [0.1, 0.15) is 11.6 Å². The van der Waals surface area contributed by atoms with Crippen LogP contribution in [0.25, 0.3) is 5.69 Å². The van der Waals surface area contributed by atoms with Crippen molar-refractivity contribution < 1.29 is 0 Å². The van der Waals surface area contributed by atoms with Gasteiger partial charge in [0.2, 0.25) is 0 Å². The number of benzene rings is 1. The topological polar surface area (TPSA) is 67.7 Å². The minimum atomic E-state index is 0.102. The molecule has 4 rings (SSSR count). The summed E-state index contributed by atoms with van der Waals surface area (Å²) in [5.41, 5.74) is 4.67. The maximum Gasteiger partial charge on any atom is 0.133 e. The first-order valence-electron chi connectivity index (χ1n) is 9.15. The molecule has 0 saturated carbocycles. The van der Waals surface area contributed by atoms with Crippen LogP contribution < -0.4 is 10.6 Å². The summed E-state index contributed by atoms with van der Waals surface area (Å²) in [6.45, 7) is 6.07. The number of nitrogens with zero attached hydrogens (tertiary/aromatic N) is 4. The highest BCUT2D eigenvalue weighted by Gasteiger charge is 2.19. The molecular formula is C20H24N6. The van der Waals surface area contributed by atoms with Crippen LogP contribution >= 0.6 is 0 Å². The van der Waals surface area contributed by atoms with Crippen LogP contribution in [0, 0.1) is 6.92 Å². The number of aromatic nitrogens is 4. The maximum absolute atomic E-state index is 4.71. The Morgan fingerprint density at radius 1 is 1.12 bits per heavy atom. The van der Waals surface area contributed by atoms with Crippen molar-refractivity contribution in [2.24, 2.45) is 0 Å². The summed E-state index contributed by atoms with van der Waals surface area (Å²) >= 11 is 0. The molecule has 2 N–H and O–H groups in total. The van der Waals surface area contributed by atoms with Crippen molar-refractivity contribution in [2.75, 3.05) is 18.4 Å². The lowest BCUT2D eigenvalue weighted by Gasteiger charge is -2.21. The predicted molar refractivity (Wildman–Crippen MR) is 103 cm³/mol. The van der Waals surface area contributed by atoms with E-state index in [0.29, 0.717) is 0 Å². The number of hydrogen-bond acceptors (Lipinski definition) is 5. The highest BCUT2D eigenvalue weighted by atomic mass is 15.3. The monoisotopic (exact) mass is 348 g/mol. The van der Waals surface area contributed by atoms with E-state index in [4.69, 9.17) is 4.98 Å². The van der Waals surface area contributed by atoms with Gasteiger partial charge in [0, 0.05) is 30.9 Å². The van der Waals surface area contributed by atoms with Crippen LogP contribution in [0.2, 0.25) is 0 Å². The van der Waals surface area contributed by atoms with Crippen molar-refractivity contribution in [3.63, 3.8) is 0 Å². The summed E-state index contributed by atoms with van der Waals surface area (Å²) in [6.07, 6.45) is 5.67. The van der Waals surface area contributed by atoms with Crippen LogP contribution in [-0.2, 0) is 12.8 Å². The molecule has 1 aliphatic rings. The van der Waals surface area contributed by atoms with E-state index in [0.717, 1.165) is 49.0 Å². The number of hydrogen-bond donors (Lipinski definition) is 2. The zero-order valence-corrected chi connectivity index (χ0v) is 15.2. The Balaban J connectivity index is 1.68. The SMILES string of the molecule is Cc1nc2c(c(NC(C)c3ccccc3-n3cccn3)n1)CCNCC2. The average Bonchev–Trinajstić information content (AvgIpc) is 3.07. The van der Waals surface area contributed by atoms with Gasteiger partial charge in [-0.05, 0) is 44.5 Å². The normalized spacial score (nSPS) is 15.2. The highest BCUT2D eigenvalue weighted by molar-refractivity contribution is 5.52. The molecule has 0 aliphatic carbocycles. The van der Waals surface area contributed by atoms with E-state index in [1.807, 2.05) is 29.9 Å². The van der Waals surface area contributed by atoms with E-state index in [-0.39, 0.29) is 6.04 Å². The van der Waals surface area contributed by atoms with Crippen LogP contribution in [-0.4, -0.2) is 32.8 Å². The van der Waals surface area contributed by atoms with Crippen molar-refractivity contribution in [1.82, 2.24) is 25.1 Å². The molecule has 3 heterocycles. The summed E-state index contributed by atoms with van der Waals surface area (Å²) in [5, 5.41) is 11.5. The second kappa shape index (κ2) is 7.25. The molecule has 1 unspecified atom stereocenters. The van der Waals surface area contributed by atoms with Crippen LogP contribution in [0.3, 0.4) is 0 Å². The molecule has 26 heavy (non-hydrogen) atoms. The third kappa shape index (κ3) is 3.32. The van der Waals surface area contributed by atoms with Gasteiger partial charge in [0.25, 0.3) is 0 Å². The summed E-state index contributed by atoms with van der Waals surface area (Å²) in [5.74, 6) is 1.78. The summed E-state index contributed by atoms with van der Waals surface area (Å²) in [6, 6.07) is 10.4. The lowest BCUT2D eigenvalue weighted by Crippen LogP contribution is -2.17. The summed E-state index contributed by atoms with van der Waals surface area (Å²) < 4.78 is 1.91. The lowest BCUT2D eigenvalue weighted by atomic mass is 10.0. The molecule has 0 bridgehead atoms. The van der Waals surface area contributed by atoms with Crippen LogP contribution in [0.15, 0.2) is 42.7 Å². The first-order valence-corrected chi connectivity index (χ1v) is 9.15. The molecule has 1 aromatic carbocycles. The predicted octanol–water partition coefficient (Wildman–Crippen LogP) is 2.83. The Bertz CT molecular complexity index is 887. The van der Waals surface area contributed by atoms with Gasteiger partial charge >= 0.3 is 0 Å². The standard InChI is InChI=1S/C20H24N6/c1-14(16-6-3-4-7-19(16)26-13-5-10-22-26)23-20-17-8-11-21-12-9-18(17)24-15(2)25-20/h3-7,10,13-14,21H,8-9,11-12H2,1-2H3,(H,23,24,25). The Kier molecular flexibility index (Phi) is 4.67. The van der Waals surface area contributed by atoms with Crippen molar-refractivity contribution >= 4 is 5.82 Å². The molecule has 2 aromatic heterocycles. The van der Waals surface area contributed by atoms with Crippen molar-refractivity contribution in [1.29, 1.82) is 0 Å². The number of fused-ring (bicyclic) bond motifs is 1. The number of para-hydroxylation sites is 1. The minimum absolute atomic E-state index is 0.102. The number of rotatable bonds is 4. The smallest absolute Gasteiger partial charge is 0.133 e. The first-order chi connectivity index (χ1) is 12.7. The molecule has 0 fully saturated rings. The van der Waals surface area contributed by atoms with E-state index < -0.39 is 0 Å². The van der Waals surface area contributed by atoms with Gasteiger partial charge in [-0.25, -0.2) is 14.6 Å². The van der Waals surface area contributed by atoms with Gasteiger partial charge in [0.15, 0.2) is 0 Å². The quantitative estimate of drug-likeness (QED) is 0.759. The molecule has 6 nitrogen and oxygen atoms in total. The molecule has 0 saturated heterocycles. The fourth-order valence-electron chi connectivity index (χ4n) is 3.54. The number of nitrogens with one attached hydrogen (secondary N) is 2. The Labute approximate surface area is 153 Å². The molecule has 0 radical (unpaired) electrons. The van der Waals surface area contributed by atoms with Crippen molar-refractivity contribution in [3.05, 3.63) is 65.4 Å². The fourth-order valence-corrected chi connectivity index (χ4v) is 3.54. The van der Waals surface area contributed by atoms with Crippen LogP contribution in [0.1, 0.15) is 35.6 Å². The largest absolute Gasteiger partial charge is 0.363 e. The zero-order valence-electron chi connectivity index (χ0n) is 15.2. The van der Waals surface area contributed by atoms with Crippen molar-refractivity contribution in [3.8, 4) is 5.69 Å². The Morgan fingerprint density at radius 2 is 1.96 bits per heavy atom. The Hall–Kier alpha value is -2.73. The minimum Gasteiger partial charge on any atom is -0.363 e. The van der Waals surface area contributed by atoms with Gasteiger partial charge in [-0.1, -0.05) is 18.2 Å². The van der Waals surface area contributed by atoms with Gasteiger partial charge in [0.05, 0.1) is 17.4 Å². The summed E-state index contributed by atoms with van der Waals surface area (Å²) in [4.78, 5) is 9.38. The summed E-state index contributed by atoms with van der Waals surface area (Å²) in [7, 11) is 0. The molecule has 1 aliphatic heterocycles. The number of anilines is 1. The van der Waals surface area contributed by atoms with Gasteiger partial charge in [-0.2, -0.15) is 5.10 Å². The van der Waals surface area contributed by atoms with E-state index >= 15 is 0 Å². The maximum atomic E-state index is 4.71. The van der Waals surface area contributed by atoms with E-state index in [1.54, 1.807) is 6.20 Å². The fraction of sp³-hybridized carbons (Fsp3) is 0.350. The van der Waals surface area contributed by atoms with Crippen LogP contribution in [0.5, 0.6) is 0 Å². The first kappa shape index (κ1) is 16.7. The average molecular weight is 348 g/mol. The third-order valence-corrected chi connectivity index (χ3v) is 4.80. The van der Waals surface area contributed by atoms with E-state index in [2.05, 4.69) is 45.8 Å². The molecule has 134 valence electrons. The molecular weight excluding hydrogens is 324 g/mol. The molecule has 1 atom stereocenters. The second-order valence-electron chi connectivity index (χ2n) is 6.67. The Morgan fingerprint density at radius 3 is 2.81 bits per heavy atom. The highest BCUT2D eigenvalue weighted by Crippen LogP contribution is 2.27. The van der Waals surface area contributed by atoms with Gasteiger partial charge in [-0.3, -0.25) is 0 Å². The van der Waals surface area contributed by atoms with Crippen LogP contribution in [0.4, 0.5) is 5.82 Å². The van der Waals surface area contributed by atoms with Gasteiger partial charge < -0.3 is 10.6 Å². The van der Waals surface area contributed by atoms with Gasteiger partial charge in [-0.15, -0.1) is 0 Å². The second-order valence-corrected chi connectivity index (χ2v) is 6.67. The molecule has 0 amide bonds.